The minimum atomic E-state index is -0.185. The van der Waals surface area contributed by atoms with Gasteiger partial charge in [0.2, 0.25) is 0 Å². The van der Waals surface area contributed by atoms with Crippen LogP contribution in [0, 0.1) is 11.8 Å². The number of ether oxygens (including phenoxy) is 4. The van der Waals surface area contributed by atoms with E-state index in [0.29, 0.717) is 26.1 Å². The van der Waals surface area contributed by atoms with Crippen LogP contribution in [0.2, 0.25) is 0 Å². The second-order valence-electron chi connectivity index (χ2n) is 6.77. The fraction of sp³-hybridized carbons (Fsp3) is 0.667. The summed E-state index contributed by atoms with van der Waals surface area (Å²) in [5, 5.41) is 0. The number of fused-ring (bicyclic) bond motifs is 4. The standard InChI is InChI=1S/C18H22O6/c19-17(13-9-11-3-5-15(13)23-11)21-7-1-2-8-22-18(20)14-10-12-4-6-16(14)24-12/h3-6,11-16H,1-2,7-10H2. The van der Waals surface area contributed by atoms with Crippen LogP contribution >= 0.6 is 0 Å². The summed E-state index contributed by atoms with van der Waals surface area (Å²) < 4.78 is 21.7. The van der Waals surface area contributed by atoms with Gasteiger partial charge in [-0.05, 0) is 25.7 Å². The van der Waals surface area contributed by atoms with Crippen LogP contribution in [0.3, 0.4) is 0 Å². The summed E-state index contributed by atoms with van der Waals surface area (Å²) in [6.45, 7) is 0.710. The molecule has 4 heterocycles. The number of rotatable bonds is 7. The Bertz CT molecular complexity index is 518. The fourth-order valence-electron chi connectivity index (χ4n) is 3.77. The summed E-state index contributed by atoms with van der Waals surface area (Å²) in [6.07, 6.45) is 10.6. The topological polar surface area (TPSA) is 71.1 Å². The van der Waals surface area contributed by atoms with E-state index in [0.717, 1.165) is 12.8 Å². The molecule has 130 valence electrons. The first-order chi connectivity index (χ1) is 11.7. The highest BCUT2D eigenvalue weighted by molar-refractivity contribution is 5.75. The maximum absolute atomic E-state index is 12.0. The van der Waals surface area contributed by atoms with E-state index in [1.807, 2.05) is 24.3 Å². The van der Waals surface area contributed by atoms with Crippen LogP contribution < -0.4 is 0 Å². The summed E-state index contributed by atoms with van der Waals surface area (Å²) in [5.41, 5.74) is 0. The minimum absolute atomic E-state index is 0.0802. The molecular formula is C18H22O6. The Morgan fingerprint density at radius 3 is 1.58 bits per heavy atom. The van der Waals surface area contributed by atoms with Crippen molar-refractivity contribution in [1.29, 1.82) is 0 Å². The van der Waals surface area contributed by atoms with E-state index in [2.05, 4.69) is 0 Å². The Hall–Kier alpha value is -1.66. The molecule has 2 saturated heterocycles. The van der Waals surface area contributed by atoms with Gasteiger partial charge in [0.05, 0.1) is 49.5 Å². The molecule has 0 aliphatic carbocycles. The molecule has 0 spiro atoms. The number of hydrogen-bond donors (Lipinski definition) is 0. The van der Waals surface area contributed by atoms with Crippen LogP contribution in [0.25, 0.3) is 0 Å². The Labute approximate surface area is 140 Å². The molecule has 4 aliphatic heterocycles. The van der Waals surface area contributed by atoms with Crippen LogP contribution in [-0.4, -0.2) is 49.6 Å². The Morgan fingerprint density at radius 2 is 1.25 bits per heavy atom. The third kappa shape index (κ3) is 3.13. The van der Waals surface area contributed by atoms with Crippen molar-refractivity contribution in [1.82, 2.24) is 0 Å². The van der Waals surface area contributed by atoms with Crippen LogP contribution in [0.1, 0.15) is 25.7 Å². The molecule has 0 radical (unpaired) electrons. The molecule has 0 aromatic rings. The molecule has 0 aromatic heterocycles. The van der Waals surface area contributed by atoms with Gasteiger partial charge in [-0.2, -0.15) is 0 Å². The first kappa shape index (κ1) is 15.8. The Morgan fingerprint density at radius 1 is 0.792 bits per heavy atom. The predicted octanol–water partition coefficient (Wildman–Crippen LogP) is 1.54. The largest absolute Gasteiger partial charge is 0.465 e. The minimum Gasteiger partial charge on any atom is -0.465 e. The zero-order chi connectivity index (χ0) is 16.5. The van der Waals surface area contributed by atoms with Crippen molar-refractivity contribution in [2.75, 3.05) is 13.2 Å². The fourth-order valence-corrected chi connectivity index (χ4v) is 3.77. The Kier molecular flexibility index (Phi) is 4.41. The Balaban J connectivity index is 1.07. The average Bonchev–Trinajstić information content (AvgIpc) is 3.37. The van der Waals surface area contributed by atoms with E-state index >= 15 is 0 Å². The summed E-state index contributed by atoms with van der Waals surface area (Å²) in [4.78, 5) is 24.0. The number of hydrogen-bond acceptors (Lipinski definition) is 6. The zero-order valence-electron chi connectivity index (χ0n) is 13.5. The van der Waals surface area contributed by atoms with E-state index < -0.39 is 0 Å². The summed E-state index contributed by atoms with van der Waals surface area (Å²) in [6, 6.07) is 0. The van der Waals surface area contributed by atoms with Gasteiger partial charge in [-0.15, -0.1) is 0 Å². The van der Waals surface area contributed by atoms with E-state index in [4.69, 9.17) is 18.9 Å². The van der Waals surface area contributed by atoms with Crippen LogP contribution in [0.4, 0.5) is 0 Å². The first-order valence-electron chi connectivity index (χ1n) is 8.71. The zero-order valence-corrected chi connectivity index (χ0v) is 13.5. The van der Waals surface area contributed by atoms with Gasteiger partial charge in [0, 0.05) is 0 Å². The number of carbonyl (C=O) groups is 2. The van der Waals surface area contributed by atoms with Crippen molar-refractivity contribution in [3.63, 3.8) is 0 Å². The van der Waals surface area contributed by atoms with Crippen molar-refractivity contribution in [3.05, 3.63) is 24.3 Å². The van der Waals surface area contributed by atoms with Crippen molar-refractivity contribution in [3.8, 4) is 0 Å². The normalized spacial score (nSPS) is 38.0. The first-order valence-corrected chi connectivity index (χ1v) is 8.71. The van der Waals surface area contributed by atoms with Gasteiger partial charge in [0.25, 0.3) is 0 Å². The smallest absolute Gasteiger partial charge is 0.312 e. The van der Waals surface area contributed by atoms with Crippen LogP contribution in [-0.2, 0) is 28.5 Å². The second-order valence-corrected chi connectivity index (χ2v) is 6.77. The highest BCUT2D eigenvalue weighted by Gasteiger charge is 2.42. The molecule has 6 unspecified atom stereocenters. The SMILES string of the molecule is O=C(OCCCCOC(=O)C1CC2C=CC1O2)C1CC2C=CC1O2. The molecule has 0 saturated carbocycles. The maximum atomic E-state index is 12.0. The van der Waals surface area contributed by atoms with Crippen molar-refractivity contribution in [2.45, 2.75) is 50.1 Å². The molecule has 24 heavy (non-hydrogen) atoms. The predicted molar refractivity (Wildman–Crippen MR) is 83.0 cm³/mol. The summed E-state index contributed by atoms with van der Waals surface area (Å²) in [5.74, 6) is -0.697. The molecule has 4 bridgehead atoms. The van der Waals surface area contributed by atoms with E-state index in [1.54, 1.807) is 0 Å². The highest BCUT2D eigenvalue weighted by Crippen LogP contribution is 2.35. The van der Waals surface area contributed by atoms with Gasteiger partial charge in [-0.25, -0.2) is 0 Å². The lowest BCUT2D eigenvalue weighted by atomic mass is 9.94. The van der Waals surface area contributed by atoms with E-state index in [9.17, 15) is 9.59 Å². The lowest BCUT2D eigenvalue weighted by Gasteiger charge is -2.15. The summed E-state index contributed by atoms with van der Waals surface area (Å²) in [7, 11) is 0. The molecule has 0 aromatic carbocycles. The van der Waals surface area contributed by atoms with Crippen molar-refractivity contribution >= 4 is 11.9 Å². The third-order valence-electron chi connectivity index (χ3n) is 5.09. The van der Waals surface area contributed by atoms with Crippen LogP contribution in [0.15, 0.2) is 24.3 Å². The second kappa shape index (κ2) is 6.69. The molecule has 2 fully saturated rings. The quantitative estimate of drug-likeness (QED) is 0.400. The van der Waals surface area contributed by atoms with Gasteiger partial charge in [-0.3, -0.25) is 9.59 Å². The number of carbonyl (C=O) groups excluding carboxylic acids is 2. The lowest BCUT2D eigenvalue weighted by molar-refractivity contribution is -0.152. The van der Waals surface area contributed by atoms with Crippen molar-refractivity contribution in [2.24, 2.45) is 11.8 Å². The van der Waals surface area contributed by atoms with Gasteiger partial charge in [-0.1, -0.05) is 24.3 Å². The molecule has 6 nitrogen and oxygen atoms in total. The molecule has 4 aliphatic rings. The lowest BCUT2D eigenvalue weighted by Crippen LogP contribution is -2.26. The summed E-state index contributed by atoms with van der Waals surface area (Å²) >= 11 is 0. The molecule has 0 amide bonds. The maximum Gasteiger partial charge on any atom is 0.312 e. The van der Waals surface area contributed by atoms with Crippen molar-refractivity contribution < 1.29 is 28.5 Å². The van der Waals surface area contributed by atoms with E-state index in [1.165, 1.54) is 0 Å². The molecular weight excluding hydrogens is 312 g/mol. The van der Waals surface area contributed by atoms with Gasteiger partial charge < -0.3 is 18.9 Å². The molecule has 4 rings (SSSR count). The molecule has 0 N–H and O–H groups in total. The average molecular weight is 334 g/mol. The number of unbranched alkanes of at least 4 members (excludes halogenated alkanes) is 1. The third-order valence-corrected chi connectivity index (χ3v) is 5.09. The van der Waals surface area contributed by atoms with Gasteiger partial charge in [0.1, 0.15) is 0 Å². The van der Waals surface area contributed by atoms with Crippen LogP contribution in [0.5, 0.6) is 0 Å². The molecule has 6 heteroatoms. The van der Waals surface area contributed by atoms with Gasteiger partial charge in [0.15, 0.2) is 0 Å². The number of esters is 2. The van der Waals surface area contributed by atoms with E-state index in [-0.39, 0.29) is 48.2 Å². The highest BCUT2D eigenvalue weighted by atomic mass is 16.6. The molecule has 6 atom stereocenters. The van der Waals surface area contributed by atoms with Gasteiger partial charge >= 0.3 is 11.9 Å². The monoisotopic (exact) mass is 334 g/mol.